The van der Waals surface area contributed by atoms with E-state index in [4.69, 9.17) is 9.47 Å². The van der Waals surface area contributed by atoms with Crippen LogP contribution in [0.4, 0.5) is 0 Å². The standard InChI is InChI=1S/C24H30N2O3/c1-28-21-5-2-4-17(12-21)13-23-19-14-18(22-6-3-7-24(27)26(22)23)15-25(16-19)20-8-10-29-11-9-20/h2-7,12,18-20,23H,8-11,13-16H2,1H3/t18-,19+,23+/m1/s1. The molecule has 5 nitrogen and oxygen atoms in total. The number of ether oxygens (including phenoxy) is 2. The molecule has 0 radical (unpaired) electrons. The van der Waals surface area contributed by atoms with Gasteiger partial charge in [-0.05, 0) is 55.4 Å². The van der Waals surface area contributed by atoms with Gasteiger partial charge < -0.3 is 14.0 Å². The van der Waals surface area contributed by atoms with E-state index < -0.39 is 0 Å². The monoisotopic (exact) mass is 394 g/mol. The van der Waals surface area contributed by atoms with Crippen molar-refractivity contribution in [2.24, 2.45) is 5.92 Å². The topological polar surface area (TPSA) is 43.7 Å². The van der Waals surface area contributed by atoms with Gasteiger partial charge in [0.1, 0.15) is 5.75 Å². The number of piperidine rings is 1. The van der Waals surface area contributed by atoms with Crippen molar-refractivity contribution in [3.8, 4) is 5.75 Å². The molecule has 2 aromatic rings. The van der Waals surface area contributed by atoms with Gasteiger partial charge in [0, 0.05) is 56.1 Å². The number of pyridine rings is 1. The fourth-order valence-electron chi connectivity index (χ4n) is 5.73. The molecule has 154 valence electrons. The molecule has 0 saturated carbocycles. The first-order valence-electron chi connectivity index (χ1n) is 10.9. The molecule has 0 aliphatic carbocycles. The summed E-state index contributed by atoms with van der Waals surface area (Å²) in [6.45, 7) is 3.90. The molecule has 1 aromatic heterocycles. The normalized spacial score (nSPS) is 27.4. The molecule has 2 saturated heterocycles. The van der Waals surface area contributed by atoms with Crippen molar-refractivity contribution in [1.82, 2.24) is 9.47 Å². The first-order valence-corrected chi connectivity index (χ1v) is 10.9. The Morgan fingerprint density at radius 2 is 1.93 bits per heavy atom. The highest BCUT2D eigenvalue weighted by Gasteiger charge is 2.42. The van der Waals surface area contributed by atoms with Crippen LogP contribution >= 0.6 is 0 Å². The number of hydrogen-bond donors (Lipinski definition) is 0. The lowest BCUT2D eigenvalue weighted by Crippen LogP contribution is -2.53. The van der Waals surface area contributed by atoms with Crippen molar-refractivity contribution in [2.45, 2.75) is 43.7 Å². The third-order valence-electron chi connectivity index (χ3n) is 7.11. The van der Waals surface area contributed by atoms with Crippen LogP contribution in [0.25, 0.3) is 0 Å². The molecule has 5 heteroatoms. The Hall–Kier alpha value is -2.11. The van der Waals surface area contributed by atoms with E-state index in [2.05, 4.69) is 27.7 Å². The Balaban J connectivity index is 1.49. The number of fused-ring (bicyclic) bond motifs is 4. The summed E-state index contributed by atoms with van der Waals surface area (Å²) in [4.78, 5) is 15.6. The minimum Gasteiger partial charge on any atom is -0.497 e. The summed E-state index contributed by atoms with van der Waals surface area (Å²) in [5, 5.41) is 0. The highest BCUT2D eigenvalue weighted by Crippen LogP contribution is 2.43. The van der Waals surface area contributed by atoms with Crippen LogP contribution in [0, 0.1) is 5.92 Å². The van der Waals surface area contributed by atoms with Crippen LogP contribution in [-0.4, -0.2) is 48.9 Å². The van der Waals surface area contributed by atoms with E-state index in [1.807, 2.05) is 18.2 Å². The number of methoxy groups -OCH3 is 1. The van der Waals surface area contributed by atoms with Gasteiger partial charge in [-0.3, -0.25) is 9.69 Å². The summed E-state index contributed by atoms with van der Waals surface area (Å²) in [6.07, 6.45) is 4.30. The maximum absolute atomic E-state index is 12.9. The molecule has 3 atom stereocenters. The van der Waals surface area contributed by atoms with Gasteiger partial charge in [0.05, 0.1) is 7.11 Å². The van der Waals surface area contributed by atoms with Crippen molar-refractivity contribution in [3.63, 3.8) is 0 Å². The second-order valence-corrected chi connectivity index (χ2v) is 8.77. The van der Waals surface area contributed by atoms with E-state index >= 15 is 0 Å². The number of hydrogen-bond acceptors (Lipinski definition) is 4. The minimum atomic E-state index is 0.143. The van der Waals surface area contributed by atoms with Crippen molar-refractivity contribution in [3.05, 3.63) is 64.1 Å². The predicted octanol–water partition coefficient (Wildman–Crippen LogP) is 3.24. The van der Waals surface area contributed by atoms with Gasteiger partial charge in [0.15, 0.2) is 0 Å². The third-order valence-corrected chi connectivity index (χ3v) is 7.11. The second-order valence-electron chi connectivity index (χ2n) is 8.77. The lowest BCUT2D eigenvalue weighted by molar-refractivity contribution is -0.00157. The fourth-order valence-corrected chi connectivity index (χ4v) is 5.73. The first-order chi connectivity index (χ1) is 14.2. The average molecular weight is 395 g/mol. The van der Waals surface area contributed by atoms with Crippen molar-refractivity contribution < 1.29 is 9.47 Å². The molecular weight excluding hydrogens is 364 g/mol. The number of likely N-dealkylation sites (tertiary alicyclic amines) is 1. The van der Waals surface area contributed by atoms with E-state index in [0.29, 0.717) is 17.9 Å². The van der Waals surface area contributed by atoms with Crippen LogP contribution < -0.4 is 10.3 Å². The van der Waals surface area contributed by atoms with Gasteiger partial charge in [-0.1, -0.05) is 18.2 Å². The zero-order valence-corrected chi connectivity index (χ0v) is 17.1. The molecule has 1 aromatic carbocycles. The molecule has 2 fully saturated rings. The Labute approximate surface area is 172 Å². The molecule has 3 aliphatic rings. The lowest BCUT2D eigenvalue weighted by Gasteiger charge is -2.49. The number of benzene rings is 1. The highest BCUT2D eigenvalue weighted by atomic mass is 16.5. The average Bonchev–Trinajstić information content (AvgIpc) is 2.77. The SMILES string of the molecule is COc1cccc(C[C@H]2[C@H]3C[C@H](CN(C4CCOCC4)C3)c3cccc(=O)n32)c1. The third kappa shape index (κ3) is 3.62. The molecule has 0 N–H and O–H groups in total. The lowest BCUT2D eigenvalue weighted by atomic mass is 9.76. The van der Waals surface area contributed by atoms with E-state index in [0.717, 1.165) is 51.3 Å². The molecular formula is C24H30N2O3. The Kier molecular flexibility index (Phi) is 5.18. The summed E-state index contributed by atoms with van der Waals surface area (Å²) < 4.78 is 13.1. The Morgan fingerprint density at radius 3 is 2.76 bits per heavy atom. The maximum Gasteiger partial charge on any atom is 0.251 e. The molecule has 0 unspecified atom stereocenters. The quantitative estimate of drug-likeness (QED) is 0.799. The summed E-state index contributed by atoms with van der Waals surface area (Å²) in [7, 11) is 1.71. The summed E-state index contributed by atoms with van der Waals surface area (Å²) in [5.74, 6) is 1.83. The Morgan fingerprint density at radius 1 is 1.10 bits per heavy atom. The van der Waals surface area contributed by atoms with Crippen molar-refractivity contribution >= 4 is 0 Å². The van der Waals surface area contributed by atoms with Crippen LogP contribution in [0.5, 0.6) is 5.75 Å². The number of rotatable bonds is 4. The maximum atomic E-state index is 12.9. The molecule has 3 aliphatic heterocycles. The number of aromatic nitrogens is 1. The molecule has 2 bridgehead atoms. The van der Waals surface area contributed by atoms with Crippen molar-refractivity contribution in [1.29, 1.82) is 0 Å². The molecule has 29 heavy (non-hydrogen) atoms. The van der Waals surface area contributed by atoms with Crippen LogP contribution in [0.15, 0.2) is 47.3 Å². The van der Waals surface area contributed by atoms with Crippen LogP contribution in [-0.2, 0) is 11.2 Å². The summed E-state index contributed by atoms with van der Waals surface area (Å²) in [5.41, 5.74) is 2.60. The predicted molar refractivity (Wildman–Crippen MR) is 113 cm³/mol. The van der Waals surface area contributed by atoms with E-state index in [-0.39, 0.29) is 11.6 Å². The highest BCUT2D eigenvalue weighted by molar-refractivity contribution is 5.30. The summed E-state index contributed by atoms with van der Waals surface area (Å²) in [6, 6.07) is 14.9. The fraction of sp³-hybridized carbons (Fsp3) is 0.542. The van der Waals surface area contributed by atoms with E-state index in [1.165, 1.54) is 17.7 Å². The van der Waals surface area contributed by atoms with Gasteiger partial charge in [0.25, 0.3) is 5.56 Å². The van der Waals surface area contributed by atoms with E-state index in [1.54, 1.807) is 13.2 Å². The zero-order chi connectivity index (χ0) is 19.8. The number of nitrogens with zero attached hydrogens (tertiary/aromatic N) is 2. The molecule has 4 heterocycles. The molecule has 5 rings (SSSR count). The van der Waals surface area contributed by atoms with Crippen LogP contribution in [0.1, 0.15) is 42.5 Å². The van der Waals surface area contributed by atoms with Crippen LogP contribution in [0.3, 0.4) is 0 Å². The van der Waals surface area contributed by atoms with Gasteiger partial charge in [-0.2, -0.15) is 0 Å². The van der Waals surface area contributed by atoms with Gasteiger partial charge >= 0.3 is 0 Å². The molecule has 0 amide bonds. The van der Waals surface area contributed by atoms with Crippen molar-refractivity contribution in [2.75, 3.05) is 33.4 Å². The van der Waals surface area contributed by atoms with Gasteiger partial charge in [-0.25, -0.2) is 0 Å². The van der Waals surface area contributed by atoms with Gasteiger partial charge in [0.2, 0.25) is 0 Å². The van der Waals surface area contributed by atoms with E-state index in [9.17, 15) is 4.79 Å². The zero-order valence-electron chi connectivity index (χ0n) is 17.1. The molecule has 0 spiro atoms. The van der Waals surface area contributed by atoms with Gasteiger partial charge in [-0.15, -0.1) is 0 Å². The largest absolute Gasteiger partial charge is 0.497 e. The minimum absolute atomic E-state index is 0.143. The Bertz CT molecular complexity index is 918. The smallest absolute Gasteiger partial charge is 0.251 e. The van der Waals surface area contributed by atoms with Crippen LogP contribution in [0.2, 0.25) is 0 Å². The second kappa shape index (κ2) is 7.96. The first kappa shape index (κ1) is 18.9. The summed E-state index contributed by atoms with van der Waals surface area (Å²) >= 11 is 0.